The number of benzene rings is 1. The summed E-state index contributed by atoms with van der Waals surface area (Å²) in [5.74, 6) is 0. The number of hydrogen-bond donors (Lipinski definition) is 1. The molecule has 0 atom stereocenters. The summed E-state index contributed by atoms with van der Waals surface area (Å²) in [6.45, 7) is 2.07. The van der Waals surface area contributed by atoms with Gasteiger partial charge in [-0.25, -0.2) is 0 Å². The minimum Gasteiger partial charge on any atom is -0.399 e. The highest BCUT2D eigenvalue weighted by molar-refractivity contribution is 5.67. The SMILES string of the molecule is Cc1ccc(N)cc1-c1ccnn1C. The highest BCUT2D eigenvalue weighted by atomic mass is 15.3. The van der Waals surface area contributed by atoms with Crippen LogP contribution < -0.4 is 5.73 Å². The molecule has 3 heteroatoms. The van der Waals surface area contributed by atoms with Gasteiger partial charge in [-0.2, -0.15) is 5.10 Å². The summed E-state index contributed by atoms with van der Waals surface area (Å²) in [5, 5.41) is 4.14. The van der Waals surface area contributed by atoms with E-state index in [0.717, 1.165) is 16.9 Å². The molecule has 0 fully saturated rings. The second-order valence-corrected chi connectivity index (χ2v) is 3.41. The van der Waals surface area contributed by atoms with Crippen LogP contribution in [0.4, 0.5) is 5.69 Å². The second-order valence-electron chi connectivity index (χ2n) is 3.41. The van der Waals surface area contributed by atoms with Crippen molar-refractivity contribution in [2.24, 2.45) is 7.05 Å². The smallest absolute Gasteiger partial charge is 0.0682 e. The molecule has 0 saturated heterocycles. The summed E-state index contributed by atoms with van der Waals surface area (Å²) in [7, 11) is 1.93. The molecule has 0 aliphatic rings. The van der Waals surface area contributed by atoms with Crippen molar-refractivity contribution in [3.63, 3.8) is 0 Å². The van der Waals surface area contributed by atoms with Crippen LogP contribution in [-0.2, 0) is 7.05 Å². The van der Waals surface area contributed by atoms with E-state index in [9.17, 15) is 0 Å². The predicted octanol–water partition coefficient (Wildman–Crippen LogP) is 1.98. The lowest BCUT2D eigenvalue weighted by Crippen LogP contribution is -1.96. The first-order chi connectivity index (χ1) is 6.68. The zero-order valence-electron chi connectivity index (χ0n) is 8.36. The van der Waals surface area contributed by atoms with Gasteiger partial charge < -0.3 is 5.73 Å². The van der Waals surface area contributed by atoms with Gasteiger partial charge >= 0.3 is 0 Å². The van der Waals surface area contributed by atoms with Crippen LogP contribution in [0.25, 0.3) is 11.3 Å². The van der Waals surface area contributed by atoms with Crippen molar-refractivity contribution in [2.75, 3.05) is 5.73 Å². The second kappa shape index (κ2) is 3.18. The van der Waals surface area contributed by atoms with Gasteiger partial charge in [0.05, 0.1) is 5.69 Å². The number of aromatic nitrogens is 2. The number of nitrogens with zero attached hydrogens (tertiary/aromatic N) is 2. The monoisotopic (exact) mass is 187 g/mol. The minimum atomic E-state index is 0.784. The Morgan fingerprint density at radius 2 is 2.07 bits per heavy atom. The first-order valence-electron chi connectivity index (χ1n) is 4.53. The number of anilines is 1. The average molecular weight is 187 g/mol. The molecule has 1 heterocycles. The zero-order valence-corrected chi connectivity index (χ0v) is 8.36. The zero-order chi connectivity index (χ0) is 10.1. The van der Waals surface area contributed by atoms with Crippen LogP contribution in [0.1, 0.15) is 5.56 Å². The number of hydrogen-bond acceptors (Lipinski definition) is 2. The van der Waals surface area contributed by atoms with Crippen molar-refractivity contribution in [3.8, 4) is 11.3 Å². The molecule has 0 saturated carbocycles. The van der Waals surface area contributed by atoms with Crippen LogP contribution in [0, 0.1) is 6.92 Å². The van der Waals surface area contributed by atoms with Gasteiger partial charge in [0.25, 0.3) is 0 Å². The van der Waals surface area contributed by atoms with E-state index < -0.39 is 0 Å². The lowest BCUT2D eigenvalue weighted by atomic mass is 10.1. The molecule has 0 aliphatic heterocycles. The summed E-state index contributed by atoms with van der Waals surface area (Å²) in [6, 6.07) is 7.90. The molecule has 2 N–H and O–H groups in total. The third kappa shape index (κ3) is 1.37. The van der Waals surface area contributed by atoms with E-state index in [1.165, 1.54) is 5.56 Å². The van der Waals surface area contributed by atoms with Crippen molar-refractivity contribution in [1.29, 1.82) is 0 Å². The van der Waals surface area contributed by atoms with E-state index in [1.807, 2.05) is 36.0 Å². The standard InChI is InChI=1S/C11H13N3/c1-8-3-4-9(12)7-10(8)11-5-6-13-14(11)2/h3-7H,12H2,1-2H3. The maximum atomic E-state index is 5.75. The summed E-state index contributed by atoms with van der Waals surface area (Å²) in [6.07, 6.45) is 1.79. The Kier molecular flexibility index (Phi) is 2.00. The van der Waals surface area contributed by atoms with E-state index >= 15 is 0 Å². The summed E-state index contributed by atoms with van der Waals surface area (Å²) < 4.78 is 1.85. The van der Waals surface area contributed by atoms with Crippen LogP contribution in [0.3, 0.4) is 0 Å². The molecule has 0 bridgehead atoms. The Balaban J connectivity index is 2.62. The molecular formula is C11H13N3. The van der Waals surface area contributed by atoms with Crippen LogP contribution >= 0.6 is 0 Å². The van der Waals surface area contributed by atoms with Crippen molar-refractivity contribution < 1.29 is 0 Å². The Labute approximate surface area is 83.2 Å². The highest BCUT2D eigenvalue weighted by Crippen LogP contribution is 2.24. The van der Waals surface area contributed by atoms with E-state index in [1.54, 1.807) is 6.20 Å². The molecule has 14 heavy (non-hydrogen) atoms. The summed E-state index contributed by atoms with van der Waals surface area (Å²) in [5.41, 5.74) is 9.98. The van der Waals surface area contributed by atoms with Crippen LogP contribution in [0.2, 0.25) is 0 Å². The van der Waals surface area contributed by atoms with E-state index in [4.69, 9.17) is 5.73 Å². The third-order valence-corrected chi connectivity index (χ3v) is 2.36. The fraction of sp³-hybridized carbons (Fsp3) is 0.182. The molecular weight excluding hydrogens is 174 g/mol. The quantitative estimate of drug-likeness (QED) is 0.694. The van der Waals surface area contributed by atoms with Crippen LogP contribution in [-0.4, -0.2) is 9.78 Å². The van der Waals surface area contributed by atoms with Crippen molar-refractivity contribution >= 4 is 5.69 Å². The number of nitrogen functional groups attached to an aromatic ring is 1. The molecule has 0 amide bonds. The van der Waals surface area contributed by atoms with Gasteiger partial charge in [-0.05, 0) is 30.7 Å². The molecule has 0 spiro atoms. The van der Waals surface area contributed by atoms with Crippen molar-refractivity contribution in [1.82, 2.24) is 9.78 Å². The first kappa shape index (κ1) is 8.81. The summed E-state index contributed by atoms with van der Waals surface area (Å²) in [4.78, 5) is 0. The maximum Gasteiger partial charge on any atom is 0.0682 e. The van der Waals surface area contributed by atoms with Crippen molar-refractivity contribution in [3.05, 3.63) is 36.0 Å². The Morgan fingerprint density at radius 1 is 1.29 bits per heavy atom. The van der Waals surface area contributed by atoms with Gasteiger partial charge in [-0.3, -0.25) is 4.68 Å². The minimum absolute atomic E-state index is 0.784. The van der Waals surface area contributed by atoms with Gasteiger partial charge in [0.2, 0.25) is 0 Å². The van der Waals surface area contributed by atoms with Gasteiger partial charge in [-0.15, -0.1) is 0 Å². The number of aryl methyl sites for hydroxylation is 2. The first-order valence-corrected chi connectivity index (χ1v) is 4.53. The normalized spacial score (nSPS) is 10.4. The van der Waals surface area contributed by atoms with Gasteiger partial charge in [0, 0.05) is 24.5 Å². The Bertz CT molecular complexity index is 457. The number of rotatable bonds is 1. The van der Waals surface area contributed by atoms with Gasteiger partial charge in [0.1, 0.15) is 0 Å². The molecule has 3 nitrogen and oxygen atoms in total. The maximum absolute atomic E-state index is 5.75. The summed E-state index contributed by atoms with van der Waals surface area (Å²) >= 11 is 0. The third-order valence-electron chi connectivity index (χ3n) is 2.36. The highest BCUT2D eigenvalue weighted by Gasteiger charge is 2.05. The fourth-order valence-corrected chi connectivity index (χ4v) is 1.55. The van der Waals surface area contributed by atoms with Gasteiger partial charge in [-0.1, -0.05) is 6.07 Å². The Morgan fingerprint density at radius 3 is 2.71 bits per heavy atom. The van der Waals surface area contributed by atoms with E-state index in [-0.39, 0.29) is 0 Å². The van der Waals surface area contributed by atoms with E-state index in [2.05, 4.69) is 12.0 Å². The molecule has 72 valence electrons. The molecule has 2 aromatic rings. The van der Waals surface area contributed by atoms with Crippen molar-refractivity contribution in [2.45, 2.75) is 6.92 Å². The molecule has 0 radical (unpaired) electrons. The average Bonchev–Trinajstić information content (AvgIpc) is 2.56. The van der Waals surface area contributed by atoms with E-state index in [0.29, 0.717) is 0 Å². The molecule has 0 aliphatic carbocycles. The molecule has 1 aromatic heterocycles. The fourth-order valence-electron chi connectivity index (χ4n) is 1.55. The predicted molar refractivity (Wildman–Crippen MR) is 57.8 cm³/mol. The lowest BCUT2D eigenvalue weighted by molar-refractivity contribution is 0.775. The largest absolute Gasteiger partial charge is 0.399 e. The lowest BCUT2D eigenvalue weighted by Gasteiger charge is -2.06. The van der Waals surface area contributed by atoms with Crippen LogP contribution in [0.5, 0.6) is 0 Å². The van der Waals surface area contributed by atoms with Gasteiger partial charge in [0.15, 0.2) is 0 Å². The molecule has 2 rings (SSSR count). The topological polar surface area (TPSA) is 43.8 Å². The Hall–Kier alpha value is -1.77. The van der Waals surface area contributed by atoms with Crippen LogP contribution in [0.15, 0.2) is 30.5 Å². The number of nitrogens with two attached hydrogens (primary N) is 1. The molecule has 0 unspecified atom stereocenters. The molecule has 1 aromatic carbocycles.